The number of nitrogens with zero attached hydrogens (tertiary/aromatic N) is 1. The van der Waals surface area contributed by atoms with Crippen molar-refractivity contribution in [1.82, 2.24) is 4.90 Å². The third-order valence-electron chi connectivity index (χ3n) is 7.72. The first-order valence-electron chi connectivity index (χ1n) is 12.5. The molecule has 0 heterocycles. The van der Waals surface area contributed by atoms with Crippen molar-refractivity contribution in [2.45, 2.75) is 103 Å². The number of halogens is 2. The van der Waals surface area contributed by atoms with Crippen LogP contribution >= 0.6 is 24.8 Å². The van der Waals surface area contributed by atoms with Gasteiger partial charge < -0.3 is 4.90 Å². The molecule has 0 saturated heterocycles. The van der Waals surface area contributed by atoms with Crippen LogP contribution in [0, 0.1) is 36.3 Å². The SMILES string of the molecule is C[CH-]N(C)C.Cl.Cl.[C-]1=C(C2CCCCC2)C(C2CCCCC2)=CC1C1CCCCC1.[Ti+2]. The van der Waals surface area contributed by atoms with Crippen LogP contribution < -0.4 is 0 Å². The Balaban J connectivity index is 0.00000102. The van der Waals surface area contributed by atoms with Crippen molar-refractivity contribution < 1.29 is 21.7 Å². The van der Waals surface area contributed by atoms with Crippen molar-refractivity contribution in [2.75, 3.05) is 14.1 Å². The molecule has 0 N–H and O–H groups in total. The average Bonchev–Trinajstić information content (AvgIpc) is 3.22. The van der Waals surface area contributed by atoms with Gasteiger partial charge in [0.25, 0.3) is 0 Å². The van der Waals surface area contributed by atoms with Crippen molar-refractivity contribution >= 4 is 24.8 Å². The zero-order valence-corrected chi connectivity index (χ0v) is 23.5. The molecule has 3 fully saturated rings. The van der Waals surface area contributed by atoms with Crippen molar-refractivity contribution in [1.29, 1.82) is 0 Å². The Kier molecular flexibility index (Phi) is 17.6. The maximum absolute atomic E-state index is 4.10. The second kappa shape index (κ2) is 17.2. The summed E-state index contributed by atoms with van der Waals surface area (Å²) in [6.07, 6.45) is 28.8. The van der Waals surface area contributed by atoms with Gasteiger partial charge in [0.05, 0.1) is 0 Å². The maximum atomic E-state index is 4.10. The summed E-state index contributed by atoms with van der Waals surface area (Å²) in [5.74, 6) is 3.36. The summed E-state index contributed by atoms with van der Waals surface area (Å²) in [4.78, 5) is 2.00. The van der Waals surface area contributed by atoms with Gasteiger partial charge in [0.15, 0.2) is 0 Å². The fraction of sp³-hybridized carbons (Fsp3) is 0.815. The van der Waals surface area contributed by atoms with Crippen molar-refractivity contribution in [3.05, 3.63) is 29.8 Å². The van der Waals surface area contributed by atoms with E-state index in [2.05, 4.69) is 12.2 Å². The first-order chi connectivity index (χ1) is 13.7. The van der Waals surface area contributed by atoms with Gasteiger partial charge in [0, 0.05) is 0 Å². The Morgan fingerprint density at radius 3 is 1.61 bits per heavy atom. The van der Waals surface area contributed by atoms with Gasteiger partial charge >= 0.3 is 21.7 Å². The van der Waals surface area contributed by atoms with Gasteiger partial charge in [-0.25, -0.2) is 5.57 Å². The molecule has 0 aliphatic heterocycles. The molecule has 0 bridgehead atoms. The van der Waals surface area contributed by atoms with Gasteiger partial charge in [-0.2, -0.15) is 18.6 Å². The van der Waals surface area contributed by atoms with Crippen LogP contribution in [0.5, 0.6) is 0 Å². The molecule has 0 aromatic rings. The zero-order chi connectivity index (χ0) is 19.8. The van der Waals surface area contributed by atoms with Crippen LogP contribution in [0.2, 0.25) is 0 Å². The Morgan fingerprint density at radius 1 is 0.742 bits per heavy atom. The van der Waals surface area contributed by atoms with E-state index in [1.165, 1.54) is 96.3 Å². The molecule has 0 spiro atoms. The molecule has 178 valence electrons. The fourth-order valence-electron chi connectivity index (χ4n) is 5.85. The second-order valence-electron chi connectivity index (χ2n) is 10.00. The zero-order valence-electron chi connectivity index (χ0n) is 20.3. The van der Waals surface area contributed by atoms with E-state index < -0.39 is 0 Å². The average molecular weight is 504 g/mol. The molecular weight excluding hydrogens is 457 g/mol. The summed E-state index contributed by atoms with van der Waals surface area (Å²) in [7, 11) is 4.00. The van der Waals surface area contributed by atoms with E-state index in [4.69, 9.17) is 0 Å². The summed E-state index contributed by atoms with van der Waals surface area (Å²) in [6.45, 7) is 4.00. The van der Waals surface area contributed by atoms with Crippen LogP contribution in [-0.2, 0) is 21.7 Å². The van der Waals surface area contributed by atoms with Gasteiger partial charge in [-0.15, -0.1) is 24.8 Å². The summed E-state index contributed by atoms with van der Waals surface area (Å²) in [5, 5.41) is 0. The number of allylic oxidation sites excluding steroid dienone is 4. The van der Waals surface area contributed by atoms with Crippen LogP contribution in [0.3, 0.4) is 0 Å². The molecule has 3 saturated carbocycles. The minimum absolute atomic E-state index is 0. The molecule has 4 rings (SSSR count). The van der Waals surface area contributed by atoms with Gasteiger partial charge in [0.2, 0.25) is 0 Å². The van der Waals surface area contributed by atoms with E-state index in [0.717, 1.165) is 17.8 Å². The standard InChI is InChI=1S/C23H35.C4H10N.2ClH.Ti/c1-4-10-18(11-5-1)21-16-22(19-12-6-2-7-13-19)23(17-21)20-14-8-3-9-15-20;1-4-5(2)3;;;/h16,18-21H,1-15H2;4H,1-3H3;2*1H;/q2*-1;;;+2. The number of hydrogen-bond acceptors (Lipinski definition) is 1. The summed E-state index contributed by atoms with van der Waals surface area (Å²) in [5.41, 5.74) is 3.53. The van der Waals surface area contributed by atoms with E-state index in [-0.39, 0.29) is 46.5 Å². The molecule has 1 nitrogen and oxygen atoms in total. The summed E-state index contributed by atoms with van der Waals surface area (Å²) < 4.78 is 0. The molecule has 0 aromatic heterocycles. The van der Waals surface area contributed by atoms with Gasteiger partial charge in [-0.3, -0.25) is 12.6 Å². The minimum Gasteiger partial charge on any atom is -0.462 e. The molecule has 0 aromatic carbocycles. The van der Waals surface area contributed by atoms with Crippen molar-refractivity contribution in [2.24, 2.45) is 23.7 Å². The first kappa shape index (κ1) is 31.7. The molecule has 4 aliphatic rings. The molecule has 0 radical (unpaired) electrons. The molecule has 4 aliphatic carbocycles. The van der Waals surface area contributed by atoms with Crippen LogP contribution in [0.1, 0.15) is 103 Å². The smallest absolute Gasteiger partial charge is 0.462 e. The molecule has 0 amide bonds. The predicted octanol–water partition coefficient (Wildman–Crippen LogP) is 8.58. The molecular formula is C27H47Cl2NTi. The van der Waals surface area contributed by atoms with Crippen molar-refractivity contribution in [3.63, 3.8) is 0 Å². The number of rotatable bonds is 4. The van der Waals surface area contributed by atoms with Gasteiger partial charge in [-0.1, -0.05) is 95.3 Å². The molecule has 1 atom stereocenters. The second-order valence-corrected chi connectivity index (χ2v) is 10.00. The molecule has 31 heavy (non-hydrogen) atoms. The molecule has 4 heteroatoms. The maximum Gasteiger partial charge on any atom is 2.00 e. The van der Waals surface area contributed by atoms with E-state index in [1.54, 1.807) is 11.1 Å². The Bertz CT molecular complexity index is 479. The quantitative estimate of drug-likeness (QED) is 0.274. The fourth-order valence-corrected chi connectivity index (χ4v) is 5.85. The normalized spacial score (nSPS) is 25.2. The topological polar surface area (TPSA) is 3.24 Å². The van der Waals surface area contributed by atoms with E-state index in [0.29, 0.717) is 5.92 Å². The third-order valence-corrected chi connectivity index (χ3v) is 7.72. The predicted molar refractivity (Wildman–Crippen MR) is 136 cm³/mol. The monoisotopic (exact) mass is 503 g/mol. The third kappa shape index (κ3) is 9.86. The Morgan fingerprint density at radius 2 is 1.16 bits per heavy atom. The van der Waals surface area contributed by atoms with Gasteiger partial charge in [0.1, 0.15) is 0 Å². The van der Waals surface area contributed by atoms with E-state index in [1.807, 2.05) is 32.5 Å². The first-order valence-corrected chi connectivity index (χ1v) is 12.5. The Hall–Kier alpha value is 0.734. The van der Waals surface area contributed by atoms with Crippen LogP contribution in [0.4, 0.5) is 0 Å². The van der Waals surface area contributed by atoms with Gasteiger partial charge in [-0.05, 0) is 38.8 Å². The summed E-state index contributed by atoms with van der Waals surface area (Å²) in [6, 6.07) is 0. The number of hydrogen-bond donors (Lipinski definition) is 0. The summed E-state index contributed by atoms with van der Waals surface area (Å²) >= 11 is 0. The Labute approximate surface area is 221 Å². The van der Waals surface area contributed by atoms with Crippen LogP contribution in [0.25, 0.3) is 0 Å². The minimum atomic E-state index is 0. The van der Waals surface area contributed by atoms with Crippen molar-refractivity contribution in [3.8, 4) is 0 Å². The van der Waals surface area contributed by atoms with E-state index >= 15 is 0 Å². The molecule has 1 unspecified atom stereocenters. The largest absolute Gasteiger partial charge is 2.00 e. The van der Waals surface area contributed by atoms with Crippen LogP contribution in [-0.4, -0.2) is 19.0 Å². The van der Waals surface area contributed by atoms with Crippen LogP contribution in [0.15, 0.2) is 17.2 Å². The van der Waals surface area contributed by atoms with E-state index in [9.17, 15) is 0 Å².